The summed E-state index contributed by atoms with van der Waals surface area (Å²) in [6, 6.07) is 0. The van der Waals surface area contributed by atoms with E-state index in [0.29, 0.717) is 0 Å². The number of aliphatic carboxylic acids is 2. The van der Waals surface area contributed by atoms with Crippen LogP contribution in [0.1, 0.15) is 12.8 Å². The SMILES string of the molecule is O=C(O)C(F)(F)F.O=C(O)C1CC12CCNC2. The van der Waals surface area contributed by atoms with Gasteiger partial charge < -0.3 is 15.5 Å². The van der Waals surface area contributed by atoms with E-state index >= 15 is 0 Å². The van der Waals surface area contributed by atoms with E-state index in [1.165, 1.54) is 0 Å². The molecule has 2 atom stereocenters. The number of alkyl halides is 3. The first-order valence-electron chi connectivity index (χ1n) is 4.93. The van der Waals surface area contributed by atoms with Crippen molar-refractivity contribution in [2.75, 3.05) is 13.1 Å². The maximum atomic E-state index is 10.6. The Hall–Kier alpha value is -1.31. The first-order chi connectivity index (χ1) is 7.69. The number of carboxylic acid groups (broad SMARTS) is 2. The molecule has 0 bridgehead atoms. The van der Waals surface area contributed by atoms with Gasteiger partial charge in [-0.25, -0.2) is 4.79 Å². The third-order valence-electron chi connectivity index (χ3n) is 3.01. The maximum absolute atomic E-state index is 10.6. The molecule has 2 unspecified atom stereocenters. The largest absolute Gasteiger partial charge is 0.490 e. The van der Waals surface area contributed by atoms with Crippen molar-refractivity contribution in [2.45, 2.75) is 19.0 Å². The number of halogens is 3. The van der Waals surface area contributed by atoms with E-state index in [1.54, 1.807) is 0 Å². The van der Waals surface area contributed by atoms with Crippen LogP contribution in [0.5, 0.6) is 0 Å². The molecule has 1 heterocycles. The lowest BCUT2D eigenvalue weighted by Crippen LogP contribution is -2.21. The second-order valence-corrected chi connectivity index (χ2v) is 4.19. The highest BCUT2D eigenvalue weighted by atomic mass is 19.4. The second kappa shape index (κ2) is 4.52. The monoisotopic (exact) mass is 255 g/mol. The summed E-state index contributed by atoms with van der Waals surface area (Å²) in [6.07, 6.45) is -3.13. The van der Waals surface area contributed by atoms with Crippen molar-refractivity contribution < 1.29 is 33.0 Å². The van der Waals surface area contributed by atoms with Crippen LogP contribution in [0, 0.1) is 11.3 Å². The van der Waals surface area contributed by atoms with Crippen LogP contribution in [0.2, 0.25) is 0 Å². The van der Waals surface area contributed by atoms with Gasteiger partial charge in [0.25, 0.3) is 0 Å². The molecule has 1 saturated carbocycles. The van der Waals surface area contributed by atoms with Crippen LogP contribution >= 0.6 is 0 Å². The zero-order valence-electron chi connectivity index (χ0n) is 8.75. The van der Waals surface area contributed by atoms with Gasteiger partial charge in [0.1, 0.15) is 0 Å². The molecule has 1 saturated heterocycles. The third-order valence-corrected chi connectivity index (χ3v) is 3.01. The van der Waals surface area contributed by atoms with E-state index in [0.717, 1.165) is 25.9 Å². The van der Waals surface area contributed by atoms with Crippen LogP contribution in [-0.2, 0) is 9.59 Å². The van der Waals surface area contributed by atoms with E-state index in [-0.39, 0.29) is 11.3 Å². The van der Waals surface area contributed by atoms with Crippen LogP contribution in [-0.4, -0.2) is 41.4 Å². The van der Waals surface area contributed by atoms with Gasteiger partial charge in [0.15, 0.2) is 0 Å². The fraction of sp³-hybridized carbons (Fsp3) is 0.778. The minimum absolute atomic E-state index is 0.0394. The maximum Gasteiger partial charge on any atom is 0.490 e. The van der Waals surface area contributed by atoms with Crippen LogP contribution in [0.3, 0.4) is 0 Å². The van der Waals surface area contributed by atoms with Crippen LogP contribution in [0.25, 0.3) is 0 Å². The molecule has 2 aliphatic rings. The Morgan fingerprint density at radius 3 is 2.06 bits per heavy atom. The van der Waals surface area contributed by atoms with Crippen molar-refractivity contribution in [3.63, 3.8) is 0 Å². The van der Waals surface area contributed by atoms with Gasteiger partial charge in [0, 0.05) is 6.54 Å². The molecule has 1 aliphatic heterocycles. The highest BCUT2D eigenvalue weighted by molar-refractivity contribution is 5.75. The predicted molar refractivity (Wildman–Crippen MR) is 49.4 cm³/mol. The molecule has 0 aromatic rings. The molecule has 1 aliphatic carbocycles. The lowest BCUT2D eigenvalue weighted by molar-refractivity contribution is -0.192. The molecular weight excluding hydrogens is 243 g/mol. The zero-order valence-corrected chi connectivity index (χ0v) is 8.75. The van der Waals surface area contributed by atoms with Gasteiger partial charge in [-0.05, 0) is 24.8 Å². The van der Waals surface area contributed by atoms with Crippen molar-refractivity contribution in [3.05, 3.63) is 0 Å². The summed E-state index contributed by atoms with van der Waals surface area (Å²) >= 11 is 0. The quantitative estimate of drug-likeness (QED) is 0.642. The van der Waals surface area contributed by atoms with Crippen molar-refractivity contribution in [1.82, 2.24) is 5.32 Å². The van der Waals surface area contributed by atoms with E-state index in [2.05, 4.69) is 5.32 Å². The summed E-state index contributed by atoms with van der Waals surface area (Å²) in [5.41, 5.74) is 0.172. The molecule has 2 fully saturated rings. The normalized spacial score (nSPS) is 30.6. The van der Waals surface area contributed by atoms with E-state index in [1.807, 2.05) is 0 Å². The van der Waals surface area contributed by atoms with Crippen molar-refractivity contribution in [1.29, 1.82) is 0 Å². The van der Waals surface area contributed by atoms with Gasteiger partial charge in [-0.15, -0.1) is 0 Å². The van der Waals surface area contributed by atoms with Crippen molar-refractivity contribution in [3.8, 4) is 0 Å². The average molecular weight is 255 g/mol. The first kappa shape index (κ1) is 13.8. The molecular formula is C9H12F3NO4. The fourth-order valence-corrected chi connectivity index (χ4v) is 1.93. The van der Waals surface area contributed by atoms with E-state index in [4.69, 9.17) is 15.0 Å². The summed E-state index contributed by atoms with van der Waals surface area (Å²) in [5, 5.41) is 19.0. The molecule has 0 radical (unpaired) electrons. The van der Waals surface area contributed by atoms with E-state index in [9.17, 15) is 18.0 Å². The Morgan fingerprint density at radius 2 is 1.82 bits per heavy atom. The van der Waals surface area contributed by atoms with Crippen molar-refractivity contribution in [2.24, 2.45) is 11.3 Å². The zero-order chi connectivity index (χ0) is 13.3. The summed E-state index contributed by atoms with van der Waals surface area (Å²) in [7, 11) is 0. The Kier molecular flexibility index (Phi) is 3.65. The molecule has 0 aromatic carbocycles. The second-order valence-electron chi connectivity index (χ2n) is 4.19. The van der Waals surface area contributed by atoms with Crippen LogP contribution in [0.15, 0.2) is 0 Å². The minimum Gasteiger partial charge on any atom is -0.481 e. The topological polar surface area (TPSA) is 86.6 Å². The summed E-state index contributed by atoms with van der Waals surface area (Å²) in [5.74, 6) is -3.40. The lowest BCUT2D eigenvalue weighted by Gasteiger charge is -2.01. The molecule has 5 nitrogen and oxygen atoms in total. The molecule has 0 aromatic heterocycles. The van der Waals surface area contributed by atoms with Gasteiger partial charge in [0.05, 0.1) is 5.92 Å². The lowest BCUT2D eigenvalue weighted by atomic mass is 10.0. The molecule has 8 heteroatoms. The fourth-order valence-electron chi connectivity index (χ4n) is 1.93. The number of hydrogen-bond acceptors (Lipinski definition) is 3. The number of rotatable bonds is 1. The standard InChI is InChI=1S/C7H11NO2.C2HF3O2/c9-6(10)5-3-7(5)1-2-8-4-7;3-2(4,5)1(6)7/h5,8H,1-4H2,(H,9,10);(H,6,7). The first-order valence-corrected chi connectivity index (χ1v) is 4.93. The van der Waals surface area contributed by atoms with Crippen LogP contribution in [0.4, 0.5) is 13.2 Å². The Morgan fingerprint density at radius 1 is 1.29 bits per heavy atom. The van der Waals surface area contributed by atoms with Gasteiger partial charge >= 0.3 is 18.1 Å². The Labute approximate surface area is 94.6 Å². The molecule has 1 spiro atoms. The highest BCUT2D eigenvalue weighted by Crippen LogP contribution is 2.56. The van der Waals surface area contributed by atoms with Gasteiger partial charge in [0.2, 0.25) is 0 Å². The van der Waals surface area contributed by atoms with Crippen LogP contribution < -0.4 is 5.32 Å². The van der Waals surface area contributed by atoms with Gasteiger partial charge in [-0.3, -0.25) is 4.79 Å². The predicted octanol–water partition coefficient (Wildman–Crippen LogP) is 0.704. The molecule has 17 heavy (non-hydrogen) atoms. The third kappa shape index (κ3) is 3.32. The molecule has 3 N–H and O–H groups in total. The van der Waals surface area contributed by atoms with Crippen molar-refractivity contribution >= 4 is 11.9 Å². The molecule has 0 amide bonds. The number of hydrogen-bond donors (Lipinski definition) is 3. The van der Waals surface area contributed by atoms with E-state index < -0.39 is 18.1 Å². The van der Waals surface area contributed by atoms with Gasteiger partial charge in [-0.1, -0.05) is 0 Å². The van der Waals surface area contributed by atoms with Gasteiger partial charge in [-0.2, -0.15) is 13.2 Å². The Bertz CT molecular complexity index is 323. The minimum atomic E-state index is -5.08. The summed E-state index contributed by atoms with van der Waals surface area (Å²) in [6.45, 7) is 1.92. The highest BCUT2D eigenvalue weighted by Gasteiger charge is 2.59. The average Bonchev–Trinajstić information content (AvgIpc) is 2.65. The number of carboxylic acids is 2. The summed E-state index contributed by atoms with van der Waals surface area (Å²) in [4.78, 5) is 19.4. The number of nitrogens with one attached hydrogen (secondary N) is 1. The summed E-state index contributed by atoms with van der Waals surface area (Å²) < 4.78 is 31.7. The Balaban J connectivity index is 0.000000185. The molecule has 98 valence electrons. The number of carbonyl (C=O) groups is 2. The smallest absolute Gasteiger partial charge is 0.481 e. The molecule has 2 rings (SSSR count).